The van der Waals surface area contributed by atoms with Gasteiger partial charge in [-0.2, -0.15) is 0 Å². The van der Waals surface area contributed by atoms with Crippen LogP contribution in [0.15, 0.2) is 58.0 Å². The Morgan fingerprint density at radius 2 is 2.12 bits per heavy atom. The Kier molecular flexibility index (Phi) is 6.27. The fourth-order valence-electron chi connectivity index (χ4n) is 2.44. The Bertz CT molecular complexity index is 865. The second kappa shape index (κ2) is 8.64. The molecule has 0 saturated carbocycles. The lowest BCUT2D eigenvalue weighted by Crippen LogP contribution is -2.07. The standard InChI is InChI=1S/C20H18BrFN2OS/c1-2-17-12-23-20(26-17)24-16-7-3-13(4-8-16)19(25)10-5-14-11-15(21)6-9-18(14)22/h3-11,17H,2,12H2,1H3,(H,23,24). The molecule has 26 heavy (non-hydrogen) atoms. The molecule has 1 heterocycles. The number of ketones is 1. The highest BCUT2D eigenvalue weighted by Crippen LogP contribution is 2.25. The van der Waals surface area contributed by atoms with Crippen LogP contribution in [0, 0.1) is 5.82 Å². The number of anilines is 1. The number of amidine groups is 1. The summed E-state index contributed by atoms with van der Waals surface area (Å²) < 4.78 is 14.5. The number of hydrogen-bond acceptors (Lipinski definition) is 4. The SMILES string of the molecule is CCC1CN=C(Nc2ccc(C(=O)C=Cc3cc(Br)ccc3F)cc2)S1. The molecule has 6 heteroatoms. The van der Waals surface area contributed by atoms with Gasteiger partial charge in [0.2, 0.25) is 0 Å². The number of benzene rings is 2. The number of nitrogens with zero attached hydrogens (tertiary/aromatic N) is 1. The van der Waals surface area contributed by atoms with Gasteiger partial charge in [0, 0.05) is 26.5 Å². The molecule has 134 valence electrons. The maximum Gasteiger partial charge on any atom is 0.185 e. The third-order valence-electron chi connectivity index (χ3n) is 3.97. The van der Waals surface area contributed by atoms with E-state index in [9.17, 15) is 9.18 Å². The van der Waals surface area contributed by atoms with Crippen LogP contribution in [0.3, 0.4) is 0 Å². The van der Waals surface area contributed by atoms with Crippen molar-refractivity contribution in [2.75, 3.05) is 11.9 Å². The summed E-state index contributed by atoms with van der Waals surface area (Å²) >= 11 is 5.04. The molecule has 2 aromatic carbocycles. The Morgan fingerprint density at radius 3 is 2.81 bits per heavy atom. The van der Waals surface area contributed by atoms with Crippen LogP contribution >= 0.6 is 27.7 Å². The zero-order valence-electron chi connectivity index (χ0n) is 14.2. The lowest BCUT2D eigenvalue weighted by molar-refractivity contribution is 0.104. The minimum absolute atomic E-state index is 0.172. The largest absolute Gasteiger partial charge is 0.335 e. The molecule has 1 unspecified atom stereocenters. The number of thioether (sulfide) groups is 1. The maximum absolute atomic E-state index is 13.7. The first-order chi connectivity index (χ1) is 12.5. The maximum atomic E-state index is 13.7. The van der Waals surface area contributed by atoms with E-state index >= 15 is 0 Å². The average molecular weight is 433 g/mol. The van der Waals surface area contributed by atoms with E-state index < -0.39 is 0 Å². The molecule has 1 N–H and O–H groups in total. The molecule has 0 saturated heterocycles. The third-order valence-corrected chi connectivity index (χ3v) is 5.73. The molecule has 0 spiro atoms. The molecule has 1 atom stereocenters. The van der Waals surface area contributed by atoms with Crippen molar-refractivity contribution in [1.29, 1.82) is 0 Å². The highest BCUT2D eigenvalue weighted by Gasteiger charge is 2.17. The summed E-state index contributed by atoms with van der Waals surface area (Å²) in [7, 11) is 0. The van der Waals surface area contributed by atoms with Gasteiger partial charge < -0.3 is 5.32 Å². The molecule has 0 amide bonds. The zero-order valence-corrected chi connectivity index (χ0v) is 16.6. The fourth-order valence-corrected chi connectivity index (χ4v) is 3.78. The average Bonchev–Trinajstić information content (AvgIpc) is 3.10. The summed E-state index contributed by atoms with van der Waals surface area (Å²) in [6, 6.07) is 11.8. The van der Waals surface area contributed by atoms with Gasteiger partial charge in [-0.25, -0.2) is 4.39 Å². The number of aliphatic imine (C=N–C) groups is 1. The van der Waals surface area contributed by atoms with E-state index in [1.165, 1.54) is 18.2 Å². The molecule has 2 aromatic rings. The summed E-state index contributed by atoms with van der Waals surface area (Å²) in [4.78, 5) is 16.8. The summed E-state index contributed by atoms with van der Waals surface area (Å²) in [5.41, 5.74) is 1.81. The second-order valence-electron chi connectivity index (χ2n) is 5.86. The lowest BCUT2D eigenvalue weighted by Gasteiger charge is -2.07. The molecule has 3 nitrogen and oxygen atoms in total. The Hall–Kier alpha value is -1.92. The van der Waals surface area contributed by atoms with Crippen molar-refractivity contribution >= 4 is 50.4 Å². The first-order valence-corrected chi connectivity index (χ1v) is 9.98. The molecule has 0 fully saturated rings. The van der Waals surface area contributed by atoms with Gasteiger partial charge in [0.25, 0.3) is 0 Å². The molecule has 0 aromatic heterocycles. The van der Waals surface area contributed by atoms with Crippen molar-refractivity contribution in [2.45, 2.75) is 18.6 Å². The number of hydrogen-bond donors (Lipinski definition) is 1. The predicted octanol–water partition coefficient (Wildman–Crippen LogP) is 5.78. The van der Waals surface area contributed by atoms with Gasteiger partial charge >= 0.3 is 0 Å². The fraction of sp³-hybridized carbons (Fsp3) is 0.200. The minimum Gasteiger partial charge on any atom is -0.335 e. The van der Waals surface area contributed by atoms with Crippen LogP contribution in [0.25, 0.3) is 6.08 Å². The van der Waals surface area contributed by atoms with Gasteiger partial charge in [-0.05, 0) is 61.0 Å². The zero-order chi connectivity index (χ0) is 18.5. The summed E-state index contributed by atoms with van der Waals surface area (Å²) in [5, 5.41) is 4.73. The van der Waals surface area contributed by atoms with E-state index in [1.54, 1.807) is 36.0 Å². The van der Waals surface area contributed by atoms with Gasteiger partial charge in [0.1, 0.15) is 5.82 Å². The molecular formula is C20H18BrFN2OS. The number of allylic oxidation sites excluding steroid dienone is 1. The number of carbonyl (C=O) groups is 1. The van der Waals surface area contributed by atoms with Crippen molar-refractivity contribution in [3.63, 3.8) is 0 Å². The van der Waals surface area contributed by atoms with Gasteiger partial charge in [0.05, 0.1) is 6.54 Å². The molecule has 0 bridgehead atoms. The van der Waals surface area contributed by atoms with E-state index in [0.717, 1.165) is 28.3 Å². The number of rotatable bonds is 5. The van der Waals surface area contributed by atoms with Crippen LogP contribution in [0.4, 0.5) is 10.1 Å². The van der Waals surface area contributed by atoms with Crippen LogP contribution in [0.1, 0.15) is 29.3 Å². The number of halogens is 2. The van der Waals surface area contributed by atoms with E-state index in [-0.39, 0.29) is 11.6 Å². The Morgan fingerprint density at radius 1 is 1.35 bits per heavy atom. The molecule has 1 aliphatic heterocycles. The minimum atomic E-state index is -0.364. The first-order valence-electron chi connectivity index (χ1n) is 8.31. The highest BCUT2D eigenvalue weighted by molar-refractivity contribution is 9.10. The Labute approximate surface area is 164 Å². The van der Waals surface area contributed by atoms with E-state index in [2.05, 4.69) is 33.2 Å². The van der Waals surface area contributed by atoms with E-state index in [1.807, 2.05) is 12.1 Å². The molecule has 0 aliphatic carbocycles. The normalized spacial score (nSPS) is 16.7. The quantitative estimate of drug-likeness (QED) is 0.480. The smallest absolute Gasteiger partial charge is 0.185 e. The molecule has 3 rings (SSSR count). The predicted molar refractivity (Wildman–Crippen MR) is 112 cm³/mol. The molecule has 1 aliphatic rings. The molecule has 0 radical (unpaired) electrons. The monoisotopic (exact) mass is 432 g/mol. The first kappa shape index (κ1) is 18.9. The van der Waals surface area contributed by atoms with Crippen molar-refractivity contribution in [2.24, 2.45) is 4.99 Å². The van der Waals surface area contributed by atoms with Crippen molar-refractivity contribution < 1.29 is 9.18 Å². The highest BCUT2D eigenvalue weighted by atomic mass is 79.9. The summed E-state index contributed by atoms with van der Waals surface area (Å²) in [6.45, 7) is 3.00. The van der Waals surface area contributed by atoms with Gasteiger partial charge in [-0.3, -0.25) is 9.79 Å². The van der Waals surface area contributed by atoms with E-state index in [0.29, 0.717) is 16.4 Å². The van der Waals surface area contributed by atoms with Crippen molar-refractivity contribution in [3.05, 3.63) is 70.0 Å². The van der Waals surface area contributed by atoms with Crippen LogP contribution in [-0.4, -0.2) is 22.7 Å². The topological polar surface area (TPSA) is 41.5 Å². The number of nitrogens with one attached hydrogen (secondary N) is 1. The number of carbonyl (C=O) groups excluding carboxylic acids is 1. The van der Waals surface area contributed by atoms with Crippen molar-refractivity contribution in [3.8, 4) is 0 Å². The van der Waals surface area contributed by atoms with Crippen LogP contribution < -0.4 is 5.32 Å². The van der Waals surface area contributed by atoms with Gasteiger partial charge in [-0.15, -0.1) is 0 Å². The van der Waals surface area contributed by atoms with Gasteiger partial charge in [-0.1, -0.05) is 34.6 Å². The Balaban J connectivity index is 1.64. The van der Waals surface area contributed by atoms with Crippen LogP contribution in [0.2, 0.25) is 0 Å². The van der Waals surface area contributed by atoms with Gasteiger partial charge in [0.15, 0.2) is 11.0 Å². The lowest BCUT2D eigenvalue weighted by atomic mass is 10.1. The van der Waals surface area contributed by atoms with Crippen molar-refractivity contribution in [1.82, 2.24) is 0 Å². The summed E-state index contributed by atoms with van der Waals surface area (Å²) in [5.74, 6) is -0.536. The van der Waals surface area contributed by atoms with Crippen LogP contribution in [-0.2, 0) is 0 Å². The molecular weight excluding hydrogens is 415 g/mol. The third kappa shape index (κ3) is 4.83. The van der Waals surface area contributed by atoms with E-state index in [4.69, 9.17) is 0 Å². The van der Waals surface area contributed by atoms with Crippen LogP contribution in [0.5, 0.6) is 0 Å². The second-order valence-corrected chi connectivity index (χ2v) is 8.06. The summed E-state index contributed by atoms with van der Waals surface area (Å²) in [6.07, 6.45) is 3.97.